The van der Waals surface area contributed by atoms with Crippen LogP contribution in [-0.4, -0.2) is 5.17 Å². The molecule has 5 nitrogen and oxygen atoms in total. The first-order chi connectivity index (χ1) is 14.7. The Morgan fingerprint density at radius 2 is 1.77 bits per heavy atom. The highest BCUT2D eigenvalue weighted by atomic mass is 32.2. The second-order valence-corrected chi connectivity index (χ2v) is 8.13. The molecule has 0 amide bonds. The van der Waals surface area contributed by atoms with Crippen molar-refractivity contribution in [2.75, 3.05) is 4.90 Å². The van der Waals surface area contributed by atoms with Crippen LogP contribution in [-0.2, 0) is 0 Å². The fourth-order valence-electron chi connectivity index (χ4n) is 4.11. The predicted octanol–water partition coefficient (Wildman–Crippen LogP) is 5.37. The van der Waals surface area contributed by atoms with Crippen LogP contribution in [0.1, 0.15) is 22.7 Å². The van der Waals surface area contributed by atoms with E-state index in [-0.39, 0.29) is 0 Å². The predicted molar refractivity (Wildman–Crippen MR) is 117 cm³/mol. The molecule has 142 valence electrons. The first kappa shape index (κ1) is 17.1. The number of anilines is 1. The van der Waals surface area contributed by atoms with Crippen LogP contribution in [0.5, 0.6) is 0 Å². The van der Waals surface area contributed by atoms with Crippen molar-refractivity contribution >= 4 is 39.3 Å². The largest absolute Gasteiger partial charge is 0.422 e. The fraction of sp³-hybridized carbons (Fsp3) is 0.0417. The SMILES string of the molecule is N#Cc1ccc(C2c3c(c4ccccc4oc3=O)N=C3Sc4ccccc4N32)cc1. The number of nitriles is 1. The van der Waals surface area contributed by atoms with Crippen molar-refractivity contribution in [2.24, 2.45) is 4.99 Å². The van der Waals surface area contributed by atoms with Crippen LogP contribution in [0.2, 0.25) is 0 Å². The third-order valence-electron chi connectivity index (χ3n) is 5.45. The van der Waals surface area contributed by atoms with Crippen LogP contribution in [0.4, 0.5) is 11.4 Å². The summed E-state index contributed by atoms with van der Waals surface area (Å²) in [4.78, 5) is 21.3. The lowest BCUT2D eigenvalue weighted by molar-refractivity contribution is 0.544. The molecule has 6 rings (SSSR count). The zero-order valence-electron chi connectivity index (χ0n) is 15.6. The Morgan fingerprint density at radius 1 is 1.00 bits per heavy atom. The number of thioether (sulfide) groups is 1. The van der Waals surface area contributed by atoms with Crippen molar-refractivity contribution < 1.29 is 4.42 Å². The molecule has 0 spiro atoms. The van der Waals surface area contributed by atoms with Crippen LogP contribution in [0, 0.1) is 11.3 Å². The third kappa shape index (κ3) is 2.36. The molecule has 30 heavy (non-hydrogen) atoms. The number of hydrogen-bond donors (Lipinski definition) is 0. The van der Waals surface area contributed by atoms with Crippen molar-refractivity contribution in [1.82, 2.24) is 0 Å². The van der Waals surface area contributed by atoms with Crippen molar-refractivity contribution in [3.8, 4) is 6.07 Å². The molecule has 0 N–H and O–H groups in total. The zero-order valence-corrected chi connectivity index (χ0v) is 16.4. The molecular weight excluding hydrogens is 394 g/mol. The highest BCUT2D eigenvalue weighted by molar-refractivity contribution is 8.14. The second-order valence-electron chi connectivity index (χ2n) is 7.12. The lowest BCUT2D eigenvalue weighted by Crippen LogP contribution is -2.36. The molecule has 6 heteroatoms. The Bertz CT molecular complexity index is 1460. The molecule has 1 unspecified atom stereocenters. The number of benzene rings is 3. The Morgan fingerprint density at radius 3 is 2.60 bits per heavy atom. The number of para-hydroxylation sites is 2. The van der Waals surface area contributed by atoms with E-state index in [1.54, 1.807) is 30.0 Å². The van der Waals surface area contributed by atoms with Crippen molar-refractivity contribution in [1.29, 1.82) is 5.26 Å². The van der Waals surface area contributed by atoms with Gasteiger partial charge in [-0.15, -0.1) is 0 Å². The smallest absolute Gasteiger partial charge is 0.344 e. The van der Waals surface area contributed by atoms with Crippen LogP contribution >= 0.6 is 11.8 Å². The van der Waals surface area contributed by atoms with Gasteiger partial charge in [-0.25, -0.2) is 9.79 Å². The quantitative estimate of drug-likeness (QED) is 0.397. The number of nitrogens with zero attached hydrogens (tertiary/aromatic N) is 3. The van der Waals surface area contributed by atoms with Gasteiger partial charge < -0.3 is 9.32 Å². The van der Waals surface area contributed by atoms with E-state index < -0.39 is 11.7 Å². The maximum absolute atomic E-state index is 13.2. The number of aliphatic imine (C=N–C) groups is 1. The van der Waals surface area contributed by atoms with Gasteiger partial charge in [0.2, 0.25) is 0 Å². The van der Waals surface area contributed by atoms with E-state index >= 15 is 0 Å². The molecule has 0 saturated carbocycles. The van der Waals surface area contributed by atoms with Gasteiger partial charge in [-0.05, 0) is 53.7 Å². The number of hydrogen-bond acceptors (Lipinski definition) is 6. The van der Waals surface area contributed by atoms with E-state index in [1.807, 2.05) is 48.5 Å². The summed E-state index contributed by atoms with van der Waals surface area (Å²) in [6.07, 6.45) is 0. The minimum atomic E-state index is -0.393. The monoisotopic (exact) mass is 407 g/mol. The van der Waals surface area contributed by atoms with Crippen LogP contribution < -0.4 is 10.5 Å². The molecule has 0 radical (unpaired) electrons. The average Bonchev–Trinajstić information content (AvgIpc) is 3.16. The van der Waals surface area contributed by atoms with Gasteiger partial charge in [-0.1, -0.05) is 36.4 Å². The molecule has 0 aliphatic carbocycles. The van der Waals surface area contributed by atoms with Crippen LogP contribution in [0.3, 0.4) is 0 Å². The summed E-state index contributed by atoms with van der Waals surface area (Å²) in [5, 5.41) is 10.8. The van der Waals surface area contributed by atoms with Gasteiger partial charge in [-0.3, -0.25) is 0 Å². The Hall–Kier alpha value is -3.82. The number of rotatable bonds is 1. The lowest BCUT2D eigenvalue weighted by atomic mass is 9.93. The summed E-state index contributed by atoms with van der Waals surface area (Å²) in [5.74, 6) is 0. The molecule has 1 aromatic heterocycles. The van der Waals surface area contributed by atoms with E-state index in [1.165, 1.54) is 0 Å². The van der Waals surface area contributed by atoms with Crippen molar-refractivity contribution in [3.63, 3.8) is 0 Å². The summed E-state index contributed by atoms with van der Waals surface area (Å²) >= 11 is 1.60. The van der Waals surface area contributed by atoms with Gasteiger partial charge in [0.1, 0.15) is 5.58 Å². The van der Waals surface area contributed by atoms with E-state index in [9.17, 15) is 10.1 Å². The first-order valence-electron chi connectivity index (χ1n) is 9.45. The molecular formula is C24H13N3O2S. The highest BCUT2D eigenvalue weighted by Gasteiger charge is 2.41. The van der Waals surface area contributed by atoms with Crippen LogP contribution in [0.15, 0.2) is 91.9 Å². The topological polar surface area (TPSA) is 69.6 Å². The molecule has 0 bridgehead atoms. The Balaban J connectivity index is 1.69. The van der Waals surface area contributed by atoms with E-state index in [2.05, 4.69) is 17.0 Å². The maximum atomic E-state index is 13.2. The van der Waals surface area contributed by atoms with Crippen molar-refractivity contribution in [3.05, 3.63) is 99.9 Å². The van der Waals surface area contributed by atoms with Gasteiger partial charge in [0.25, 0.3) is 0 Å². The minimum absolute atomic E-state index is 0.391. The lowest BCUT2D eigenvalue weighted by Gasteiger charge is -2.34. The summed E-state index contributed by atoms with van der Waals surface area (Å²) < 4.78 is 5.68. The third-order valence-corrected chi connectivity index (χ3v) is 6.48. The zero-order chi connectivity index (χ0) is 20.2. The van der Waals surface area contributed by atoms with E-state index in [4.69, 9.17) is 9.41 Å². The Labute approximate surface area is 175 Å². The normalized spacial score (nSPS) is 16.4. The standard InChI is InChI=1S/C24H13N3O2S/c25-13-14-9-11-15(12-10-14)22-20-21(16-5-1-3-7-18(16)29-23(20)28)26-24-27(22)17-6-2-4-8-19(17)30-24/h1-12,22H. The summed E-state index contributed by atoms with van der Waals surface area (Å²) in [7, 11) is 0. The van der Waals surface area contributed by atoms with E-state index in [0.717, 1.165) is 26.7 Å². The number of amidine groups is 1. The van der Waals surface area contributed by atoms with Gasteiger partial charge in [-0.2, -0.15) is 5.26 Å². The molecule has 0 saturated heterocycles. The minimum Gasteiger partial charge on any atom is -0.422 e. The van der Waals surface area contributed by atoms with Crippen LogP contribution in [0.25, 0.3) is 11.0 Å². The first-order valence-corrected chi connectivity index (χ1v) is 10.3. The van der Waals surface area contributed by atoms with Gasteiger partial charge in [0.05, 0.1) is 34.6 Å². The Kier molecular flexibility index (Phi) is 3.61. The highest BCUT2D eigenvalue weighted by Crippen LogP contribution is 2.51. The molecule has 2 aliphatic rings. The molecule has 3 heterocycles. The second kappa shape index (κ2) is 6.34. The molecule has 0 fully saturated rings. The van der Waals surface area contributed by atoms with Gasteiger partial charge in [0.15, 0.2) is 5.17 Å². The molecule has 2 aliphatic heterocycles. The fourth-order valence-corrected chi connectivity index (χ4v) is 5.16. The summed E-state index contributed by atoms with van der Waals surface area (Å²) in [5.41, 5.74) is 3.79. The maximum Gasteiger partial charge on any atom is 0.344 e. The van der Waals surface area contributed by atoms with Gasteiger partial charge >= 0.3 is 5.63 Å². The molecule has 4 aromatic rings. The average molecular weight is 407 g/mol. The summed E-state index contributed by atoms with van der Waals surface area (Å²) in [6.45, 7) is 0. The van der Waals surface area contributed by atoms with E-state index in [0.29, 0.717) is 22.4 Å². The van der Waals surface area contributed by atoms with Crippen molar-refractivity contribution in [2.45, 2.75) is 10.9 Å². The summed E-state index contributed by atoms with van der Waals surface area (Å²) in [6, 6.07) is 24.7. The molecule has 1 atom stereocenters. The van der Waals surface area contributed by atoms with Gasteiger partial charge in [0, 0.05) is 10.3 Å². The molecule has 3 aromatic carbocycles. The number of fused-ring (bicyclic) bond motifs is 6.